The highest BCUT2D eigenvalue weighted by Crippen LogP contribution is 2.33. The molecule has 1 aliphatic rings. The summed E-state index contributed by atoms with van der Waals surface area (Å²) in [6.07, 6.45) is 9.46. The molecule has 1 aliphatic heterocycles. The molecule has 2 heteroatoms. The lowest BCUT2D eigenvalue weighted by molar-refractivity contribution is 0.0255. The van der Waals surface area contributed by atoms with Gasteiger partial charge in [0.2, 0.25) is 0 Å². The first-order valence-electron chi connectivity index (χ1n) is 7.66. The van der Waals surface area contributed by atoms with Gasteiger partial charge in [0, 0.05) is 11.6 Å². The molecule has 0 radical (unpaired) electrons. The summed E-state index contributed by atoms with van der Waals surface area (Å²) in [5, 5.41) is 10.2. The Morgan fingerprint density at radius 3 is 2.74 bits per heavy atom. The lowest BCUT2D eigenvalue weighted by atomic mass is 9.91. The molecule has 2 nitrogen and oxygen atoms in total. The first kappa shape index (κ1) is 16.5. The number of rotatable bonds is 7. The van der Waals surface area contributed by atoms with E-state index in [2.05, 4.69) is 51.3 Å². The number of aliphatic hydroxyl groups excluding tert-OH is 1. The van der Waals surface area contributed by atoms with Gasteiger partial charge in [0.05, 0.1) is 6.10 Å². The first-order chi connectivity index (χ1) is 8.94. The quantitative estimate of drug-likeness (QED) is 0.705. The predicted molar refractivity (Wildman–Crippen MR) is 83.3 cm³/mol. The van der Waals surface area contributed by atoms with Crippen LogP contribution in [-0.4, -0.2) is 34.2 Å². The van der Waals surface area contributed by atoms with Crippen LogP contribution in [0.1, 0.15) is 59.8 Å². The molecular weight excluding hydrogens is 234 g/mol. The summed E-state index contributed by atoms with van der Waals surface area (Å²) in [4.78, 5) is 2.48. The van der Waals surface area contributed by atoms with Crippen LogP contribution in [0.15, 0.2) is 24.3 Å². The van der Waals surface area contributed by atoms with E-state index in [1.165, 1.54) is 12.0 Å². The normalized spacial score (nSPS) is 24.8. The molecule has 0 bridgehead atoms. The SMILES string of the molecule is C=C[C@@](C)(CCC=C(C)C)N1CCC[C@H]1C(O)CC. The average molecular weight is 265 g/mol. The van der Waals surface area contributed by atoms with Crippen molar-refractivity contribution in [3.8, 4) is 0 Å². The van der Waals surface area contributed by atoms with E-state index in [0.717, 1.165) is 32.2 Å². The van der Waals surface area contributed by atoms with Crippen LogP contribution < -0.4 is 0 Å². The minimum atomic E-state index is -0.203. The molecule has 1 saturated heterocycles. The Labute approximate surface area is 119 Å². The molecule has 1 heterocycles. The molecule has 0 aromatic heterocycles. The fourth-order valence-corrected chi connectivity index (χ4v) is 3.11. The number of hydrogen-bond acceptors (Lipinski definition) is 2. The minimum absolute atomic E-state index is 0.00324. The molecule has 0 spiro atoms. The van der Waals surface area contributed by atoms with Gasteiger partial charge in [0.15, 0.2) is 0 Å². The maximum absolute atomic E-state index is 10.2. The molecule has 0 aromatic carbocycles. The Kier molecular flexibility index (Phi) is 6.28. The molecule has 0 aromatic rings. The van der Waals surface area contributed by atoms with Crippen LogP contribution in [-0.2, 0) is 0 Å². The molecule has 110 valence electrons. The number of aliphatic hydroxyl groups is 1. The third kappa shape index (κ3) is 4.19. The molecule has 0 saturated carbocycles. The largest absolute Gasteiger partial charge is 0.392 e. The molecule has 1 rings (SSSR count). The fourth-order valence-electron chi connectivity index (χ4n) is 3.11. The zero-order valence-electron chi connectivity index (χ0n) is 13.2. The highest BCUT2D eigenvalue weighted by molar-refractivity contribution is 5.07. The molecule has 1 unspecified atom stereocenters. The average Bonchev–Trinajstić information content (AvgIpc) is 2.87. The molecule has 0 aliphatic carbocycles. The summed E-state index contributed by atoms with van der Waals surface area (Å²) >= 11 is 0. The standard InChI is InChI=1S/C17H31NO/c1-6-16(19)15-11-9-13-18(15)17(5,7-2)12-8-10-14(3)4/h7,10,15-16,19H,2,6,8-9,11-13H2,1,3-5H3/t15-,16?,17-/m0/s1. The van der Waals surface area contributed by atoms with Crippen molar-refractivity contribution in [2.24, 2.45) is 0 Å². The van der Waals surface area contributed by atoms with E-state index in [1.54, 1.807) is 0 Å². The smallest absolute Gasteiger partial charge is 0.0693 e. The maximum Gasteiger partial charge on any atom is 0.0693 e. The highest BCUT2D eigenvalue weighted by atomic mass is 16.3. The van der Waals surface area contributed by atoms with Crippen LogP contribution in [0.25, 0.3) is 0 Å². The number of likely N-dealkylation sites (tertiary alicyclic amines) is 1. The zero-order valence-corrected chi connectivity index (χ0v) is 13.2. The molecular formula is C17H31NO. The molecule has 3 atom stereocenters. The van der Waals surface area contributed by atoms with Gasteiger partial charge in [-0.15, -0.1) is 6.58 Å². The van der Waals surface area contributed by atoms with E-state index in [1.807, 2.05) is 0 Å². The topological polar surface area (TPSA) is 23.5 Å². The van der Waals surface area contributed by atoms with Gasteiger partial charge in [-0.05, 0) is 59.4 Å². The number of hydrogen-bond donors (Lipinski definition) is 1. The Hall–Kier alpha value is -0.600. The summed E-state index contributed by atoms with van der Waals surface area (Å²) < 4.78 is 0. The van der Waals surface area contributed by atoms with Crippen LogP contribution in [0.2, 0.25) is 0 Å². The van der Waals surface area contributed by atoms with E-state index in [0.29, 0.717) is 6.04 Å². The Morgan fingerprint density at radius 1 is 1.53 bits per heavy atom. The van der Waals surface area contributed by atoms with Gasteiger partial charge in [-0.3, -0.25) is 4.90 Å². The van der Waals surface area contributed by atoms with Crippen LogP contribution in [0.5, 0.6) is 0 Å². The second kappa shape index (κ2) is 7.25. The van der Waals surface area contributed by atoms with Crippen LogP contribution >= 0.6 is 0 Å². The minimum Gasteiger partial charge on any atom is -0.392 e. The van der Waals surface area contributed by atoms with Gasteiger partial charge in [0.1, 0.15) is 0 Å². The van der Waals surface area contributed by atoms with Gasteiger partial charge in [-0.1, -0.05) is 24.6 Å². The first-order valence-corrected chi connectivity index (χ1v) is 7.66. The summed E-state index contributed by atoms with van der Waals surface area (Å²) in [6.45, 7) is 13.7. The third-order valence-electron chi connectivity index (χ3n) is 4.46. The van der Waals surface area contributed by atoms with Crippen molar-refractivity contribution >= 4 is 0 Å². The lowest BCUT2D eigenvalue weighted by Crippen LogP contribution is -2.51. The van der Waals surface area contributed by atoms with E-state index in [9.17, 15) is 5.11 Å². The van der Waals surface area contributed by atoms with Crippen LogP contribution in [0, 0.1) is 0 Å². The fraction of sp³-hybridized carbons (Fsp3) is 0.765. The third-order valence-corrected chi connectivity index (χ3v) is 4.46. The van der Waals surface area contributed by atoms with Crippen molar-refractivity contribution in [3.05, 3.63) is 24.3 Å². The summed E-state index contributed by atoms with van der Waals surface area (Å²) in [6, 6.07) is 0.305. The van der Waals surface area contributed by atoms with Crippen LogP contribution in [0.3, 0.4) is 0 Å². The van der Waals surface area contributed by atoms with Gasteiger partial charge < -0.3 is 5.11 Å². The number of allylic oxidation sites excluding steroid dienone is 2. The number of nitrogens with zero attached hydrogens (tertiary/aromatic N) is 1. The van der Waals surface area contributed by atoms with Crippen molar-refractivity contribution < 1.29 is 5.11 Å². The Bertz CT molecular complexity index is 319. The lowest BCUT2D eigenvalue weighted by Gasteiger charge is -2.42. The molecule has 0 amide bonds. The van der Waals surface area contributed by atoms with Crippen molar-refractivity contribution in [1.29, 1.82) is 0 Å². The van der Waals surface area contributed by atoms with Crippen molar-refractivity contribution in [1.82, 2.24) is 4.90 Å². The summed E-state index contributed by atoms with van der Waals surface area (Å²) in [7, 11) is 0. The van der Waals surface area contributed by atoms with E-state index in [4.69, 9.17) is 0 Å². The molecule has 1 fully saturated rings. The molecule has 1 N–H and O–H groups in total. The van der Waals surface area contributed by atoms with Crippen molar-refractivity contribution in [2.45, 2.75) is 77.5 Å². The van der Waals surface area contributed by atoms with E-state index < -0.39 is 0 Å². The monoisotopic (exact) mass is 265 g/mol. The van der Waals surface area contributed by atoms with Crippen LogP contribution in [0.4, 0.5) is 0 Å². The van der Waals surface area contributed by atoms with E-state index >= 15 is 0 Å². The second-order valence-corrected chi connectivity index (χ2v) is 6.26. The predicted octanol–water partition coefficient (Wildman–Crippen LogP) is 3.91. The van der Waals surface area contributed by atoms with Gasteiger partial charge in [0.25, 0.3) is 0 Å². The highest BCUT2D eigenvalue weighted by Gasteiger charge is 2.39. The molecule has 19 heavy (non-hydrogen) atoms. The van der Waals surface area contributed by atoms with Gasteiger partial charge in [-0.2, -0.15) is 0 Å². The second-order valence-electron chi connectivity index (χ2n) is 6.26. The zero-order chi connectivity index (χ0) is 14.5. The Balaban J connectivity index is 2.76. The van der Waals surface area contributed by atoms with E-state index in [-0.39, 0.29) is 11.6 Å². The van der Waals surface area contributed by atoms with Crippen molar-refractivity contribution in [2.75, 3.05) is 6.54 Å². The maximum atomic E-state index is 10.2. The summed E-state index contributed by atoms with van der Waals surface area (Å²) in [5.74, 6) is 0. The van der Waals surface area contributed by atoms with Gasteiger partial charge >= 0.3 is 0 Å². The van der Waals surface area contributed by atoms with Gasteiger partial charge in [-0.25, -0.2) is 0 Å². The van der Waals surface area contributed by atoms with Crippen molar-refractivity contribution in [3.63, 3.8) is 0 Å². The Morgan fingerprint density at radius 2 is 2.21 bits per heavy atom. The summed E-state index contributed by atoms with van der Waals surface area (Å²) in [5.41, 5.74) is 1.38.